The molecule has 0 bridgehead atoms. The number of methoxy groups -OCH3 is 1. The molecule has 0 aliphatic carbocycles. The van der Waals surface area contributed by atoms with Gasteiger partial charge < -0.3 is 15.8 Å². The maximum Gasteiger partial charge on any atom is 0.237 e. The van der Waals surface area contributed by atoms with Crippen LogP contribution >= 0.6 is 0 Å². The summed E-state index contributed by atoms with van der Waals surface area (Å²) in [5.41, 5.74) is 7.22. The fourth-order valence-electron chi connectivity index (χ4n) is 3.19. The maximum absolute atomic E-state index is 12.3. The molecule has 5 heteroatoms. The quantitative estimate of drug-likeness (QED) is 0.766. The van der Waals surface area contributed by atoms with Crippen LogP contribution in [0.5, 0.6) is 5.75 Å². The van der Waals surface area contributed by atoms with E-state index >= 15 is 0 Å². The van der Waals surface area contributed by atoms with Gasteiger partial charge in [-0.2, -0.15) is 0 Å². The Morgan fingerprint density at radius 3 is 2.71 bits per heavy atom. The van der Waals surface area contributed by atoms with Gasteiger partial charge in [0.05, 0.1) is 19.2 Å². The molecular formula is C19H31N3O2. The molecule has 5 nitrogen and oxygen atoms in total. The second kappa shape index (κ2) is 9.04. The SMILES string of the molecule is CCC(C)C(N)C(=O)NCC(c1cccc(OC)c1)N1CCCC1. The summed E-state index contributed by atoms with van der Waals surface area (Å²) in [4.78, 5) is 14.8. The van der Waals surface area contributed by atoms with E-state index in [1.165, 1.54) is 18.4 Å². The molecule has 1 aliphatic heterocycles. The summed E-state index contributed by atoms with van der Waals surface area (Å²) in [6, 6.07) is 7.83. The maximum atomic E-state index is 12.3. The van der Waals surface area contributed by atoms with Crippen molar-refractivity contribution in [2.45, 2.75) is 45.2 Å². The molecule has 3 N–H and O–H groups in total. The van der Waals surface area contributed by atoms with Gasteiger partial charge in [0, 0.05) is 6.54 Å². The second-order valence-corrected chi connectivity index (χ2v) is 6.69. The van der Waals surface area contributed by atoms with E-state index in [1.54, 1.807) is 7.11 Å². The zero-order valence-electron chi connectivity index (χ0n) is 15.1. The van der Waals surface area contributed by atoms with E-state index in [4.69, 9.17) is 10.5 Å². The Balaban J connectivity index is 2.08. The molecular weight excluding hydrogens is 302 g/mol. The minimum atomic E-state index is -0.445. The van der Waals surface area contributed by atoms with Gasteiger partial charge in [0.1, 0.15) is 5.75 Å². The molecule has 1 aromatic rings. The smallest absolute Gasteiger partial charge is 0.237 e. The van der Waals surface area contributed by atoms with E-state index < -0.39 is 6.04 Å². The normalized spacial score (nSPS) is 18.8. The van der Waals surface area contributed by atoms with Crippen LogP contribution in [0.25, 0.3) is 0 Å². The van der Waals surface area contributed by atoms with Crippen LogP contribution in [0.2, 0.25) is 0 Å². The number of hydrogen-bond acceptors (Lipinski definition) is 4. The van der Waals surface area contributed by atoms with E-state index in [-0.39, 0.29) is 17.9 Å². The summed E-state index contributed by atoms with van der Waals surface area (Å²) >= 11 is 0. The van der Waals surface area contributed by atoms with Crippen LogP contribution in [0.1, 0.15) is 44.7 Å². The highest BCUT2D eigenvalue weighted by Crippen LogP contribution is 2.27. The van der Waals surface area contributed by atoms with Crippen molar-refractivity contribution in [2.75, 3.05) is 26.7 Å². The van der Waals surface area contributed by atoms with E-state index in [1.807, 2.05) is 19.1 Å². The van der Waals surface area contributed by atoms with Gasteiger partial charge in [-0.05, 0) is 49.5 Å². The molecule has 3 unspecified atom stereocenters. The first-order valence-corrected chi connectivity index (χ1v) is 8.98. The summed E-state index contributed by atoms with van der Waals surface area (Å²) in [5.74, 6) is 0.975. The van der Waals surface area contributed by atoms with E-state index in [9.17, 15) is 4.79 Å². The molecule has 1 saturated heterocycles. The van der Waals surface area contributed by atoms with Gasteiger partial charge in [-0.3, -0.25) is 9.69 Å². The fraction of sp³-hybridized carbons (Fsp3) is 0.632. The number of nitrogens with zero attached hydrogens (tertiary/aromatic N) is 1. The van der Waals surface area contributed by atoms with Crippen molar-refractivity contribution in [3.05, 3.63) is 29.8 Å². The molecule has 1 aromatic carbocycles. The van der Waals surface area contributed by atoms with Gasteiger partial charge in [-0.15, -0.1) is 0 Å². The monoisotopic (exact) mass is 333 g/mol. The lowest BCUT2D eigenvalue weighted by Crippen LogP contribution is -2.47. The molecule has 1 amide bonds. The first-order chi connectivity index (χ1) is 11.6. The standard InChI is InChI=1S/C19H31N3O2/c1-4-14(2)18(20)19(23)21-13-17(22-10-5-6-11-22)15-8-7-9-16(12-15)24-3/h7-9,12,14,17-18H,4-6,10-11,13,20H2,1-3H3,(H,21,23). The number of likely N-dealkylation sites (tertiary alicyclic amines) is 1. The Labute approximate surface area is 145 Å². The predicted molar refractivity (Wildman–Crippen MR) is 97.0 cm³/mol. The number of carbonyl (C=O) groups excluding carboxylic acids is 1. The van der Waals surface area contributed by atoms with E-state index in [2.05, 4.69) is 29.3 Å². The van der Waals surface area contributed by atoms with Crippen molar-refractivity contribution in [3.63, 3.8) is 0 Å². The van der Waals surface area contributed by atoms with Gasteiger partial charge in [-0.1, -0.05) is 32.4 Å². The van der Waals surface area contributed by atoms with Crippen LogP contribution in [-0.4, -0.2) is 43.6 Å². The molecule has 0 aromatic heterocycles. The Kier molecular flexibility index (Phi) is 7.06. The van der Waals surface area contributed by atoms with E-state index in [0.29, 0.717) is 6.54 Å². The molecule has 0 radical (unpaired) electrons. The first kappa shape index (κ1) is 18.7. The average Bonchev–Trinajstić information content (AvgIpc) is 3.14. The molecule has 134 valence electrons. The van der Waals surface area contributed by atoms with Gasteiger partial charge in [-0.25, -0.2) is 0 Å². The van der Waals surface area contributed by atoms with Crippen LogP contribution in [-0.2, 0) is 4.79 Å². The van der Waals surface area contributed by atoms with Gasteiger partial charge >= 0.3 is 0 Å². The number of benzene rings is 1. The van der Waals surface area contributed by atoms with Gasteiger partial charge in [0.2, 0.25) is 5.91 Å². The zero-order chi connectivity index (χ0) is 17.5. The number of nitrogens with two attached hydrogens (primary N) is 1. The molecule has 1 heterocycles. The fourth-order valence-corrected chi connectivity index (χ4v) is 3.19. The third-order valence-electron chi connectivity index (χ3n) is 5.09. The van der Waals surface area contributed by atoms with Crippen molar-refractivity contribution in [1.82, 2.24) is 10.2 Å². The number of carbonyl (C=O) groups is 1. The van der Waals surface area contributed by atoms with Crippen molar-refractivity contribution >= 4 is 5.91 Å². The van der Waals surface area contributed by atoms with Crippen LogP contribution in [0.15, 0.2) is 24.3 Å². The van der Waals surface area contributed by atoms with Crippen molar-refractivity contribution in [2.24, 2.45) is 11.7 Å². The number of rotatable bonds is 8. The summed E-state index contributed by atoms with van der Waals surface area (Å²) in [6.45, 7) is 6.78. The molecule has 3 atom stereocenters. The third kappa shape index (κ3) is 4.71. The summed E-state index contributed by atoms with van der Waals surface area (Å²) in [6.07, 6.45) is 3.32. The van der Waals surface area contributed by atoms with Crippen molar-refractivity contribution in [3.8, 4) is 5.75 Å². The largest absolute Gasteiger partial charge is 0.497 e. The highest BCUT2D eigenvalue weighted by molar-refractivity contribution is 5.81. The van der Waals surface area contributed by atoms with Gasteiger partial charge in [0.25, 0.3) is 0 Å². The average molecular weight is 333 g/mol. The zero-order valence-corrected chi connectivity index (χ0v) is 15.1. The summed E-state index contributed by atoms with van der Waals surface area (Å²) in [5, 5.41) is 3.06. The van der Waals surface area contributed by atoms with Crippen LogP contribution in [0.4, 0.5) is 0 Å². The Morgan fingerprint density at radius 1 is 1.38 bits per heavy atom. The van der Waals surface area contributed by atoms with Gasteiger partial charge in [0.15, 0.2) is 0 Å². The summed E-state index contributed by atoms with van der Waals surface area (Å²) < 4.78 is 5.35. The molecule has 2 rings (SSSR count). The topological polar surface area (TPSA) is 67.6 Å². The lowest BCUT2D eigenvalue weighted by atomic mass is 9.99. The van der Waals surface area contributed by atoms with Crippen LogP contribution in [0.3, 0.4) is 0 Å². The molecule has 0 saturated carbocycles. The van der Waals surface area contributed by atoms with Crippen LogP contribution in [0, 0.1) is 5.92 Å². The lowest BCUT2D eigenvalue weighted by molar-refractivity contribution is -0.123. The Bertz CT molecular complexity index is 529. The molecule has 1 aliphatic rings. The number of hydrogen-bond donors (Lipinski definition) is 2. The predicted octanol–water partition coefficient (Wildman–Crippen LogP) is 2.32. The van der Waals surface area contributed by atoms with E-state index in [0.717, 1.165) is 25.3 Å². The molecule has 24 heavy (non-hydrogen) atoms. The second-order valence-electron chi connectivity index (χ2n) is 6.69. The summed E-state index contributed by atoms with van der Waals surface area (Å²) in [7, 11) is 1.68. The number of nitrogens with one attached hydrogen (secondary N) is 1. The highest BCUT2D eigenvalue weighted by atomic mass is 16.5. The molecule has 1 fully saturated rings. The lowest BCUT2D eigenvalue weighted by Gasteiger charge is -2.29. The number of amides is 1. The highest BCUT2D eigenvalue weighted by Gasteiger charge is 2.26. The van der Waals surface area contributed by atoms with Crippen molar-refractivity contribution in [1.29, 1.82) is 0 Å². The Morgan fingerprint density at radius 2 is 2.08 bits per heavy atom. The Hall–Kier alpha value is -1.59. The first-order valence-electron chi connectivity index (χ1n) is 8.98. The van der Waals surface area contributed by atoms with Crippen molar-refractivity contribution < 1.29 is 9.53 Å². The minimum Gasteiger partial charge on any atom is -0.497 e. The van der Waals surface area contributed by atoms with Crippen LogP contribution < -0.4 is 15.8 Å². The number of ether oxygens (including phenoxy) is 1. The minimum absolute atomic E-state index is 0.0588. The third-order valence-corrected chi connectivity index (χ3v) is 5.09. The molecule has 0 spiro atoms.